The van der Waals surface area contributed by atoms with Gasteiger partial charge in [-0.05, 0) is 18.9 Å². The van der Waals surface area contributed by atoms with Crippen molar-refractivity contribution in [2.75, 3.05) is 0 Å². The van der Waals surface area contributed by atoms with Crippen molar-refractivity contribution in [3.8, 4) is 0 Å². The van der Waals surface area contributed by atoms with E-state index in [-0.39, 0.29) is 5.91 Å². The number of rotatable bonds is 1. The number of hydrogen-bond donors (Lipinski definition) is 1. The number of benzene rings is 1. The summed E-state index contributed by atoms with van der Waals surface area (Å²) in [5.41, 5.74) is 7.23. The van der Waals surface area contributed by atoms with Crippen molar-refractivity contribution in [3.63, 3.8) is 0 Å². The molecule has 0 unspecified atom stereocenters. The molecule has 1 rings (SSSR count). The van der Waals surface area contributed by atoms with E-state index in [0.717, 1.165) is 6.42 Å². The van der Waals surface area contributed by atoms with Crippen LogP contribution in [0.4, 0.5) is 0 Å². The first kappa shape index (κ1) is 11.7. The van der Waals surface area contributed by atoms with Crippen LogP contribution in [0.25, 0.3) is 0 Å². The van der Waals surface area contributed by atoms with Crippen LogP contribution in [0, 0.1) is 6.92 Å². The Morgan fingerprint density at radius 2 is 1.69 bits per heavy atom. The first-order valence-corrected chi connectivity index (χ1v) is 4.37. The normalized spacial score (nSPS) is 8.54. The predicted molar refractivity (Wildman–Crippen MR) is 55.4 cm³/mol. The van der Waals surface area contributed by atoms with Gasteiger partial charge in [-0.2, -0.15) is 0 Å². The van der Waals surface area contributed by atoms with Gasteiger partial charge in [0.15, 0.2) is 0 Å². The molecule has 0 saturated heterocycles. The lowest BCUT2D eigenvalue weighted by Crippen LogP contribution is -2.01. The molecule has 2 nitrogen and oxygen atoms in total. The average Bonchev–Trinajstić information content (AvgIpc) is 2.05. The first-order chi connectivity index (χ1) is 6.06. The second-order valence-corrected chi connectivity index (χ2v) is 2.95. The number of hydrogen-bond acceptors (Lipinski definition) is 1. The van der Waals surface area contributed by atoms with E-state index in [9.17, 15) is 4.79 Å². The smallest absolute Gasteiger partial charge is 0.214 e. The molecule has 0 radical (unpaired) electrons. The van der Waals surface area contributed by atoms with Gasteiger partial charge in [0.05, 0.1) is 0 Å². The number of primary amides is 1. The van der Waals surface area contributed by atoms with Crippen LogP contribution in [0.5, 0.6) is 0 Å². The number of nitrogens with two attached hydrogens (primary N) is 1. The molecule has 1 amide bonds. The summed E-state index contributed by atoms with van der Waals surface area (Å²) < 4.78 is 0. The van der Waals surface area contributed by atoms with Crippen LogP contribution in [0.2, 0.25) is 0 Å². The van der Waals surface area contributed by atoms with Crippen LogP contribution in [-0.4, -0.2) is 5.91 Å². The molecule has 0 atom stereocenters. The topological polar surface area (TPSA) is 43.1 Å². The number of carbonyl (C=O) groups excluding carboxylic acids is 1. The number of amides is 1. The molecule has 1 aromatic carbocycles. The molecule has 13 heavy (non-hydrogen) atoms. The van der Waals surface area contributed by atoms with E-state index in [0.29, 0.717) is 0 Å². The average molecular weight is 179 g/mol. The minimum absolute atomic E-state index is 0.333. The molecule has 2 N–H and O–H groups in total. The lowest BCUT2D eigenvalue weighted by atomic mass is 10.1. The quantitative estimate of drug-likeness (QED) is 0.704. The van der Waals surface area contributed by atoms with Gasteiger partial charge >= 0.3 is 0 Å². The Morgan fingerprint density at radius 3 is 2.00 bits per heavy atom. The zero-order valence-electron chi connectivity index (χ0n) is 8.50. The van der Waals surface area contributed by atoms with Crippen LogP contribution in [0.1, 0.15) is 25.0 Å². The van der Waals surface area contributed by atoms with Crippen LogP contribution >= 0.6 is 0 Å². The summed E-state index contributed by atoms with van der Waals surface area (Å²) in [5, 5.41) is 0. The fourth-order valence-electron chi connectivity index (χ4n) is 0.824. The Labute approximate surface area is 79.8 Å². The minimum Gasteiger partial charge on any atom is -0.370 e. The van der Waals surface area contributed by atoms with Gasteiger partial charge in [0.1, 0.15) is 0 Å². The fourth-order valence-corrected chi connectivity index (χ4v) is 0.824. The van der Waals surface area contributed by atoms with Crippen molar-refractivity contribution in [3.05, 3.63) is 35.4 Å². The van der Waals surface area contributed by atoms with E-state index in [2.05, 4.69) is 43.8 Å². The van der Waals surface area contributed by atoms with Crippen LogP contribution in [0.3, 0.4) is 0 Å². The SMILES string of the molecule is CC(N)=O.CCc1ccc(C)cc1. The van der Waals surface area contributed by atoms with Gasteiger partial charge in [0, 0.05) is 6.92 Å². The van der Waals surface area contributed by atoms with E-state index >= 15 is 0 Å². The summed E-state index contributed by atoms with van der Waals surface area (Å²) in [6, 6.07) is 8.66. The highest BCUT2D eigenvalue weighted by Gasteiger charge is 1.84. The highest BCUT2D eigenvalue weighted by atomic mass is 16.1. The molecule has 0 aliphatic heterocycles. The van der Waals surface area contributed by atoms with Crippen LogP contribution in [-0.2, 0) is 11.2 Å². The van der Waals surface area contributed by atoms with E-state index in [1.165, 1.54) is 18.1 Å². The van der Waals surface area contributed by atoms with Gasteiger partial charge in [0.2, 0.25) is 5.91 Å². The van der Waals surface area contributed by atoms with Gasteiger partial charge in [-0.3, -0.25) is 4.79 Å². The van der Waals surface area contributed by atoms with Gasteiger partial charge < -0.3 is 5.73 Å². The van der Waals surface area contributed by atoms with Crippen molar-refractivity contribution >= 4 is 5.91 Å². The maximum atomic E-state index is 9.22. The molecule has 0 aromatic heterocycles. The van der Waals surface area contributed by atoms with Crippen LogP contribution < -0.4 is 5.73 Å². The molecule has 0 saturated carbocycles. The highest BCUT2D eigenvalue weighted by molar-refractivity contribution is 5.70. The summed E-state index contributed by atoms with van der Waals surface area (Å²) in [7, 11) is 0. The molecule has 0 aliphatic rings. The Bertz CT molecular complexity index is 247. The molecule has 0 spiro atoms. The van der Waals surface area contributed by atoms with Crippen molar-refractivity contribution in [2.24, 2.45) is 5.73 Å². The van der Waals surface area contributed by atoms with Crippen molar-refractivity contribution in [1.82, 2.24) is 0 Å². The third kappa shape index (κ3) is 7.06. The summed E-state index contributed by atoms with van der Waals surface area (Å²) in [5.74, 6) is -0.333. The lowest BCUT2D eigenvalue weighted by molar-refractivity contribution is -0.115. The molecular weight excluding hydrogens is 162 g/mol. The highest BCUT2D eigenvalue weighted by Crippen LogP contribution is 2.02. The summed E-state index contributed by atoms with van der Waals surface area (Å²) in [4.78, 5) is 9.22. The molecule has 1 aromatic rings. The summed E-state index contributed by atoms with van der Waals surface area (Å²) >= 11 is 0. The second kappa shape index (κ2) is 6.23. The second-order valence-electron chi connectivity index (χ2n) is 2.95. The molecule has 0 aliphatic carbocycles. The summed E-state index contributed by atoms with van der Waals surface area (Å²) in [6.45, 7) is 5.59. The number of aryl methyl sites for hydroxylation is 2. The van der Waals surface area contributed by atoms with E-state index in [1.807, 2.05) is 0 Å². The van der Waals surface area contributed by atoms with Gasteiger partial charge in [0.25, 0.3) is 0 Å². The van der Waals surface area contributed by atoms with E-state index in [1.54, 1.807) is 0 Å². The standard InChI is InChI=1S/C9H12.C2H5NO/c1-3-9-6-4-8(2)5-7-9;1-2(3)4/h4-7H,3H2,1-2H3;1H3,(H2,3,4). The first-order valence-electron chi connectivity index (χ1n) is 4.37. The molecular formula is C11H17NO. The minimum atomic E-state index is -0.333. The van der Waals surface area contributed by atoms with E-state index in [4.69, 9.17) is 0 Å². The van der Waals surface area contributed by atoms with Crippen molar-refractivity contribution < 1.29 is 4.79 Å². The Balaban J connectivity index is 0.000000310. The van der Waals surface area contributed by atoms with Gasteiger partial charge in [-0.15, -0.1) is 0 Å². The van der Waals surface area contributed by atoms with Crippen LogP contribution in [0.15, 0.2) is 24.3 Å². The Kier molecular flexibility index (Phi) is 5.60. The monoisotopic (exact) mass is 179 g/mol. The molecule has 2 heteroatoms. The Morgan fingerprint density at radius 1 is 1.31 bits per heavy atom. The predicted octanol–water partition coefficient (Wildman–Crippen LogP) is 2.05. The number of carbonyl (C=O) groups is 1. The van der Waals surface area contributed by atoms with Gasteiger partial charge in [-0.1, -0.05) is 36.8 Å². The third-order valence-electron chi connectivity index (χ3n) is 1.53. The molecule has 72 valence electrons. The third-order valence-corrected chi connectivity index (χ3v) is 1.53. The zero-order chi connectivity index (χ0) is 10.3. The lowest BCUT2D eigenvalue weighted by Gasteiger charge is -1.94. The fraction of sp³-hybridized carbons (Fsp3) is 0.364. The van der Waals surface area contributed by atoms with E-state index < -0.39 is 0 Å². The Hall–Kier alpha value is -1.31. The van der Waals surface area contributed by atoms with Crippen molar-refractivity contribution in [2.45, 2.75) is 27.2 Å². The maximum absolute atomic E-state index is 9.22. The zero-order valence-corrected chi connectivity index (χ0v) is 8.50. The van der Waals surface area contributed by atoms with Crippen molar-refractivity contribution in [1.29, 1.82) is 0 Å². The largest absolute Gasteiger partial charge is 0.370 e. The summed E-state index contributed by atoms with van der Waals surface area (Å²) in [6.07, 6.45) is 1.14. The van der Waals surface area contributed by atoms with Gasteiger partial charge in [-0.25, -0.2) is 0 Å². The maximum Gasteiger partial charge on any atom is 0.214 e. The molecule has 0 bridgehead atoms. The molecule has 0 fully saturated rings. The molecule has 0 heterocycles.